The lowest BCUT2D eigenvalue weighted by Crippen LogP contribution is -2.38. The van der Waals surface area contributed by atoms with Gasteiger partial charge in [0.1, 0.15) is 0 Å². The van der Waals surface area contributed by atoms with Crippen molar-refractivity contribution in [3.05, 3.63) is 0 Å². The molecule has 1 rings (SSSR count). The minimum Gasteiger partial charge on any atom is -0.420 e. The molecule has 54 valence electrons. The minimum atomic E-state index is -1.19. The largest absolute Gasteiger partial charge is 0.420 e. The van der Waals surface area contributed by atoms with Gasteiger partial charge in [-0.3, -0.25) is 0 Å². The van der Waals surface area contributed by atoms with E-state index in [2.05, 4.69) is 13.1 Å². The van der Waals surface area contributed by atoms with Crippen molar-refractivity contribution in [3.8, 4) is 0 Å². The molecule has 0 aliphatic heterocycles. The highest BCUT2D eigenvalue weighted by atomic mass is 28.4. The molecule has 0 bridgehead atoms. The van der Waals surface area contributed by atoms with Crippen LogP contribution in [0.4, 0.5) is 0 Å². The Hall–Kier alpha value is 0.177. The average molecular weight is 144 g/mol. The van der Waals surface area contributed by atoms with Crippen molar-refractivity contribution in [2.75, 3.05) is 7.11 Å². The maximum Gasteiger partial charge on any atom is 0.189 e. The number of rotatable bonds is 2. The molecule has 2 heteroatoms. The zero-order chi connectivity index (χ0) is 6.91. The second-order valence-corrected chi connectivity index (χ2v) is 7.87. The first-order valence-corrected chi connectivity index (χ1v) is 6.70. The van der Waals surface area contributed by atoms with Crippen molar-refractivity contribution >= 4 is 8.32 Å². The molecule has 0 aromatic rings. The topological polar surface area (TPSA) is 9.23 Å². The molecule has 1 saturated carbocycles. The van der Waals surface area contributed by atoms with Gasteiger partial charge in [-0.05, 0) is 18.6 Å². The third-order valence-corrected chi connectivity index (χ3v) is 6.21. The summed E-state index contributed by atoms with van der Waals surface area (Å²) in [5.41, 5.74) is 0.961. The summed E-state index contributed by atoms with van der Waals surface area (Å²) >= 11 is 0. The summed E-state index contributed by atoms with van der Waals surface area (Å²) < 4.78 is 5.48. The summed E-state index contributed by atoms with van der Waals surface area (Å²) in [5.74, 6) is 0. The van der Waals surface area contributed by atoms with Gasteiger partial charge in [0.25, 0.3) is 0 Å². The molecular formula is C7H16OSi. The lowest BCUT2D eigenvalue weighted by molar-refractivity contribution is 0.351. The van der Waals surface area contributed by atoms with Crippen LogP contribution in [0.5, 0.6) is 0 Å². The quantitative estimate of drug-likeness (QED) is 0.541. The summed E-state index contributed by atoms with van der Waals surface area (Å²) in [5, 5.41) is 0. The van der Waals surface area contributed by atoms with E-state index in [1.807, 2.05) is 7.11 Å². The minimum absolute atomic E-state index is 0.961. The van der Waals surface area contributed by atoms with E-state index in [0.717, 1.165) is 5.54 Å². The molecule has 0 saturated heterocycles. The van der Waals surface area contributed by atoms with Crippen LogP contribution in [0.3, 0.4) is 0 Å². The highest BCUT2D eigenvalue weighted by molar-refractivity contribution is 6.72. The Labute approximate surface area is 58.5 Å². The Kier molecular flexibility index (Phi) is 1.96. The van der Waals surface area contributed by atoms with Gasteiger partial charge in [0.05, 0.1) is 0 Å². The van der Waals surface area contributed by atoms with Gasteiger partial charge in [-0.2, -0.15) is 0 Å². The molecule has 1 aliphatic carbocycles. The smallest absolute Gasteiger partial charge is 0.189 e. The van der Waals surface area contributed by atoms with Gasteiger partial charge in [0, 0.05) is 7.11 Å². The Morgan fingerprint density at radius 3 is 2.00 bits per heavy atom. The van der Waals surface area contributed by atoms with Gasteiger partial charge in [0.15, 0.2) is 8.32 Å². The molecule has 0 heterocycles. The van der Waals surface area contributed by atoms with E-state index in [0.29, 0.717) is 0 Å². The van der Waals surface area contributed by atoms with Crippen molar-refractivity contribution in [2.45, 2.75) is 37.9 Å². The van der Waals surface area contributed by atoms with E-state index >= 15 is 0 Å². The van der Waals surface area contributed by atoms with Crippen LogP contribution in [0, 0.1) is 0 Å². The first-order chi connectivity index (χ1) is 4.17. The summed E-state index contributed by atoms with van der Waals surface area (Å²) in [7, 11) is 0.672. The van der Waals surface area contributed by atoms with E-state index in [1.165, 1.54) is 19.3 Å². The summed E-state index contributed by atoms with van der Waals surface area (Å²) in [6.45, 7) is 4.63. The Morgan fingerprint density at radius 1 is 1.33 bits per heavy atom. The standard InChI is InChI=1S/C7H16OSi/c1-8-9(2,3)7-5-4-6-7/h7H,4-6H2,1-3H3. The van der Waals surface area contributed by atoms with Crippen molar-refractivity contribution < 1.29 is 4.43 Å². The van der Waals surface area contributed by atoms with E-state index in [4.69, 9.17) is 4.43 Å². The van der Waals surface area contributed by atoms with Gasteiger partial charge in [-0.25, -0.2) is 0 Å². The van der Waals surface area contributed by atoms with Gasteiger partial charge in [-0.15, -0.1) is 0 Å². The van der Waals surface area contributed by atoms with Crippen LogP contribution in [0.1, 0.15) is 19.3 Å². The van der Waals surface area contributed by atoms with Gasteiger partial charge in [-0.1, -0.05) is 19.3 Å². The Morgan fingerprint density at radius 2 is 1.89 bits per heavy atom. The van der Waals surface area contributed by atoms with E-state index in [-0.39, 0.29) is 0 Å². The molecule has 0 atom stereocenters. The fourth-order valence-corrected chi connectivity index (χ4v) is 3.40. The van der Waals surface area contributed by atoms with Crippen LogP contribution in [0.15, 0.2) is 0 Å². The highest BCUT2D eigenvalue weighted by Crippen LogP contribution is 2.40. The summed E-state index contributed by atoms with van der Waals surface area (Å²) in [6, 6.07) is 0. The van der Waals surface area contributed by atoms with Crippen molar-refractivity contribution in [3.63, 3.8) is 0 Å². The summed E-state index contributed by atoms with van der Waals surface area (Å²) in [4.78, 5) is 0. The van der Waals surface area contributed by atoms with Crippen molar-refractivity contribution in [1.29, 1.82) is 0 Å². The maximum atomic E-state index is 5.48. The first kappa shape index (κ1) is 7.29. The molecule has 1 nitrogen and oxygen atoms in total. The van der Waals surface area contributed by atoms with Gasteiger partial charge in [0.2, 0.25) is 0 Å². The Balaban J connectivity index is 2.37. The van der Waals surface area contributed by atoms with E-state index in [1.54, 1.807) is 0 Å². The molecule has 1 fully saturated rings. The number of hydrogen-bond acceptors (Lipinski definition) is 1. The predicted molar refractivity (Wildman–Crippen MR) is 42.1 cm³/mol. The fraction of sp³-hybridized carbons (Fsp3) is 1.00. The van der Waals surface area contributed by atoms with Crippen molar-refractivity contribution in [1.82, 2.24) is 0 Å². The third-order valence-electron chi connectivity index (χ3n) is 2.61. The molecular weight excluding hydrogens is 128 g/mol. The van der Waals surface area contributed by atoms with Gasteiger partial charge >= 0.3 is 0 Å². The molecule has 0 amide bonds. The van der Waals surface area contributed by atoms with Crippen LogP contribution in [-0.4, -0.2) is 15.4 Å². The first-order valence-electron chi connectivity index (χ1n) is 3.72. The maximum absolute atomic E-state index is 5.48. The van der Waals surface area contributed by atoms with Crippen LogP contribution in [0.2, 0.25) is 18.6 Å². The molecule has 0 N–H and O–H groups in total. The van der Waals surface area contributed by atoms with Crippen molar-refractivity contribution in [2.24, 2.45) is 0 Å². The molecule has 0 aromatic carbocycles. The van der Waals surface area contributed by atoms with E-state index < -0.39 is 8.32 Å². The molecule has 0 aromatic heterocycles. The van der Waals surface area contributed by atoms with Crippen LogP contribution in [0.25, 0.3) is 0 Å². The predicted octanol–water partition coefficient (Wildman–Crippen LogP) is 2.39. The molecule has 0 radical (unpaired) electrons. The third kappa shape index (κ3) is 1.35. The van der Waals surface area contributed by atoms with Crippen LogP contribution >= 0.6 is 0 Å². The SMILES string of the molecule is CO[Si](C)(C)C1CCC1. The van der Waals surface area contributed by atoms with Crippen LogP contribution < -0.4 is 0 Å². The molecule has 0 spiro atoms. The van der Waals surface area contributed by atoms with E-state index in [9.17, 15) is 0 Å². The fourth-order valence-electron chi connectivity index (χ4n) is 1.27. The Bertz CT molecular complexity index is 97.1. The lowest BCUT2D eigenvalue weighted by atomic mass is 10.00. The molecule has 9 heavy (non-hydrogen) atoms. The van der Waals surface area contributed by atoms with Crippen LogP contribution in [-0.2, 0) is 4.43 Å². The molecule has 0 unspecified atom stereocenters. The van der Waals surface area contributed by atoms with Gasteiger partial charge < -0.3 is 4.43 Å². The monoisotopic (exact) mass is 144 g/mol. The lowest BCUT2D eigenvalue weighted by Gasteiger charge is -2.36. The summed E-state index contributed by atoms with van der Waals surface area (Å²) in [6.07, 6.45) is 4.28. The second-order valence-electron chi connectivity index (χ2n) is 3.44. The second kappa shape index (κ2) is 2.43. The zero-order valence-corrected chi connectivity index (χ0v) is 7.61. The highest BCUT2D eigenvalue weighted by Gasteiger charge is 2.36. The average Bonchev–Trinajstić information content (AvgIpc) is 1.60. The number of hydrogen-bond donors (Lipinski definition) is 0. The normalized spacial score (nSPS) is 21.7. The zero-order valence-electron chi connectivity index (χ0n) is 6.61. The molecule has 1 aliphatic rings.